The number of hydrogen-bond acceptors (Lipinski definition) is 3. The zero-order valence-electron chi connectivity index (χ0n) is 17.2. The normalized spacial score (nSPS) is 19.0. The average molecular weight is 446 g/mol. The maximum absolute atomic E-state index is 14.2. The first-order valence-corrected chi connectivity index (χ1v) is 10.3. The fourth-order valence-electron chi connectivity index (χ4n) is 3.74. The van der Waals surface area contributed by atoms with Gasteiger partial charge in [-0.05, 0) is 38.7 Å². The van der Waals surface area contributed by atoms with Crippen LogP contribution in [0.1, 0.15) is 38.2 Å². The zero-order chi connectivity index (χ0) is 22.6. The number of rotatable bonds is 6. The van der Waals surface area contributed by atoms with Crippen LogP contribution in [0.4, 0.5) is 27.2 Å². The van der Waals surface area contributed by atoms with Crippen LogP contribution >= 0.6 is 0 Å². The number of carbonyl (C=O) groups is 2. The van der Waals surface area contributed by atoms with E-state index in [1.807, 2.05) is 6.92 Å². The zero-order valence-corrected chi connectivity index (χ0v) is 17.2. The molecule has 1 aromatic carbocycles. The van der Waals surface area contributed by atoms with Crippen LogP contribution in [0.25, 0.3) is 0 Å². The van der Waals surface area contributed by atoms with Gasteiger partial charge in [0.2, 0.25) is 0 Å². The smallest absolute Gasteiger partial charge is 0.406 e. The number of piperidine rings is 1. The summed E-state index contributed by atoms with van der Waals surface area (Å²) >= 11 is 0. The molecule has 1 aliphatic heterocycles. The molecule has 1 aliphatic carbocycles. The van der Waals surface area contributed by atoms with Crippen LogP contribution in [0.15, 0.2) is 18.2 Å². The number of amides is 4. The second-order valence-corrected chi connectivity index (χ2v) is 7.68. The molecule has 31 heavy (non-hydrogen) atoms. The van der Waals surface area contributed by atoms with Crippen molar-refractivity contribution in [3.05, 3.63) is 29.6 Å². The minimum atomic E-state index is -4.91. The Balaban J connectivity index is 1.61. The van der Waals surface area contributed by atoms with Crippen molar-refractivity contribution in [3.63, 3.8) is 0 Å². The number of urea groups is 2. The number of hydrogen-bond donors (Lipinski definition) is 2. The summed E-state index contributed by atoms with van der Waals surface area (Å²) < 4.78 is 54.6. The van der Waals surface area contributed by atoms with E-state index < -0.39 is 17.9 Å². The Hall–Kier alpha value is -2.72. The number of likely N-dealkylation sites (tertiary alicyclic amines) is 1. The molecule has 0 spiro atoms. The molecule has 172 valence electrons. The van der Waals surface area contributed by atoms with Crippen LogP contribution < -0.4 is 15.4 Å². The van der Waals surface area contributed by atoms with Crippen LogP contribution in [0.5, 0.6) is 5.75 Å². The van der Waals surface area contributed by atoms with Gasteiger partial charge in [0.1, 0.15) is 11.6 Å². The first kappa shape index (κ1) is 23.0. The van der Waals surface area contributed by atoms with Crippen molar-refractivity contribution >= 4 is 12.1 Å². The minimum Gasteiger partial charge on any atom is -0.406 e. The molecular formula is C20H26F4N4O3. The van der Waals surface area contributed by atoms with Gasteiger partial charge in [0.15, 0.2) is 0 Å². The predicted molar refractivity (Wildman–Crippen MR) is 104 cm³/mol. The molecule has 1 unspecified atom stereocenters. The Kier molecular flexibility index (Phi) is 7.11. The van der Waals surface area contributed by atoms with Gasteiger partial charge in [0.05, 0.1) is 6.04 Å². The standard InChI is InChI=1S/C20H26F4N4O3/c1-2-25-18(29)27-9-3-4-15(12-27)28(14-6-7-14)19(30)26-11-13-5-8-16(10-17(13)21)31-20(22,23)24/h5,8,10,14-15H,2-4,6-7,9,11-12H2,1H3,(H,25,29)(H,26,30). The molecule has 1 atom stereocenters. The van der Waals surface area contributed by atoms with Crippen LogP contribution in [0, 0.1) is 5.82 Å². The van der Waals surface area contributed by atoms with E-state index in [1.54, 1.807) is 9.80 Å². The van der Waals surface area contributed by atoms with Crippen LogP contribution in [0.2, 0.25) is 0 Å². The lowest BCUT2D eigenvalue weighted by molar-refractivity contribution is -0.274. The first-order chi connectivity index (χ1) is 14.7. The highest BCUT2D eigenvalue weighted by Crippen LogP contribution is 2.32. The largest absolute Gasteiger partial charge is 0.573 e. The lowest BCUT2D eigenvalue weighted by atomic mass is 10.0. The van der Waals surface area contributed by atoms with E-state index in [2.05, 4.69) is 15.4 Å². The van der Waals surface area contributed by atoms with E-state index in [9.17, 15) is 27.2 Å². The van der Waals surface area contributed by atoms with E-state index in [1.165, 1.54) is 0 Å². The van der Waals surface area contributed by atoms with Gasteiger partial charge >= 0.3 is 18.4 Å². The molecule has 7 nitrogen and oxygen atoms in total. The number of nitrogens with one attached hydrogen (secondary N) is 2. The SMILES string of the molecule is CCNC(=O)N1CCCC(N(C(=O)NCc2ccc(OC(F)(F)F)cc2F)C2CC2)C1. The fourth-order valence-corrected chi connectivity index (χ4v) is 3.74. The van der Waals surface area contributed by atoms with Crippen LogP contribution in [-0.2, 0) is 6.54 Å². The summed E-state index contributed by atoms with van der Waals surface area (Å²) in [5.74, 6) is -1.56. The highest BCUT2D eigenvalue weighted by molar-refractivity contribution is 5.76. The molecule has 0 aromatic heterocycles. The van der Waals surface area contributed by atoms with Crippen molar-refractivity contribution in [1.82, 2.24) is 20.4 Å². The van der Waals surface area contributed by atoms with Gasteiger partial charge in [-0.25, -0.2) is 14.0 Å². The number of carbonyl (C=O) groups excluding carboxylic acids is 2. The molecule has 0 radical (unpaired) electrons. The van der Waals surface area contributed by atoms with E-state index in [-0.39, 0.29) is 36.3 Å². The monoisotopic (exact) mass is 446 g/mol. The molecule has 1 aromatic rings. The highest BCUT2D eigenvalue weighted by Gasteiger charge is 2.39. The van der Waals surface area contributed by atoms with Gasteiger partial charge in [-0.1, -0.05) is 6.07 Å². The Morgan fingerprint density at radius 2 is 1.94 bits per heavy atom. The number of ether oxygens (including phenoxy) is 1. The van der Waals surface area contributed by atoms with Gasteiger partial charge in [0.25, 0.3) is 0 Å². The Bertz CT molecular complexity index is 801. The Morgan fingerprint density at radius 1 is 1.19 bits per heavy atom. The van der Waals surface area contributed by atoms with Crippen molar-refractivity contribution in [2.75, 3.05) is 19.6 Å². The van der Waals surface area contributed by atoms with E-state index in [0.29, 0.717) is 25.7 Å². The van der Waals surface area contributed by atoms with Crippen molar-refractivity contribution in [2.45, 2.75) is 57.6 Å². The number of benzene rings is 1. The number of alkyl halides is 3. The van der Waals surface area contributed by atoms with Crippen LogP contribution in [0.3, 0.4) is 0 Å². The highest BCUT2D eigenvalue weighted by atomic mass is 19.4. The summed E-state index contributed by atoms with van der Waals surface area (Å²) in [5.41, 5.74) is 0.0474. The number of nitrogens with zero attached hydrogens (tertiary/aromatic N) is 2. The maximum Gasteiger partial charge on any atom is 0.573 e. The van der Waals surface area contributed by atoms with E-state index >= 15 is 0 Å². The third-order valence-electron chi connectivity index (χ3n) is 5.27. The number of halogens is 4. The average Bonchev–Trinajstić information content (AvgIpc) is 3.52. The van der Waals surface area contributed by atoms with Gasteiger partial charge in [0, 0.05) is 43.9 Å². The van der Waals surface area contributed by atoms with Crippen molar-refractivity contribution < 1.29 is 31.9 Å². The van der Waals surface area contributed by atoms with Gasteiger partial charge < -0.3 is 25.2 Å². The summed E-state index contributed by atoms with van der Waals surface area (Å²) in [6, 6.07) is 2.19. The van der Waals surface area contributed by atoms with Crippen molar-refractivity contribution in [3.8, 4) is 5.75 Å². The predicted octanol–water partition coefficient (Wildman–Crippen LogP) is 3.59. The molecule has 1 saturated heterocycles. The molecule has 11 heteroatoms. The van der Waals surface area contributed by atoms with Crippen LogP contribution in [-0.4, -0.2) is 59.9 Å². The summed E-state index contributed by atoms with van der Waals surface area (Å²) in [4.78, 5) is 28.4. The Morgan fingerprint density at radius 3 is 2.55 bits per heavy atom. The summed E-state index contributed by atoms with van der Waals surface area (Å²) in [7, 11) is 0. The minimum absolute atomic E-state index is 0.0474. The van der Waals surface area contributed by atoms with Gasteiger partial charge in [-0.2, -0.15) is 0 Å². The van der Waals surface area contributed by atoms with Gasteiger partial charge in [-0.3, -0.25) is 0 Å². The first-order valence-electron chi connectivity index (χ1n) is 10.3. The molecule has 1 heterocycles. The lowest BCUT2D eigenvalue weighted by Crippen LogP contribution is -2.56. The molecule has 0 bridgehead atoms. The molecule has 3 rings (SSSR count). The second kappa shape index (κ2) is 9.61. The van der Waals surface area contributed by atoms with Crippen molar-refractivity contribution in [1.29, 1.82) is 0 Å². The lowest BCUT2D eigenvalue weighted by Gasteiger charge is -2.39. The summed E-state index contributed by atoms with van der Waals surface area (Å²) in [5, 5.41) is 5.43. The van der Waals surface area contributed by atoms with E-state index in [0.717, 1.165) is 37.8 Å². The molecule has 4 amide bonds. The topological polar surface area (TPSA) is 73.9 Å². The van der Waals surface area contributed by atoms with E-state index in [4.69, 9.17) is 0 Å². The van der Waals surface area contributed by atoms with Crippen molar-refractivity contribution in [2.24, 2.45) is 0 Å². The molecule has 1 saturated carbocycles. The third-order valence-corrected chi connectivity index (χ3v) is 5.27. The van der Waals surface area contributed by atoms with Gasteiger partial charge in [-0.15, -0.1) is 13.2 Å². The molecule has 2 N–H and O–H groups in total. The quantitative estimate of drug-likeness (QED) is 0.656. The molecule has 2 fully saturated rings. The fraction of sp³-hybridized carbons (Fsp3) is 0.600. The summed E-state index contributed by atoms with van der Waals surface area (Å²) in [6.45, 7) is 3.23. The molecular weight excluding hydrogens is 420 g/mol. The summed E-state index contributed by atoms with van der Waals surface area (Å²) in [6.07, 6.45) is -1.65. The second-order valence-electron chi connectivity index (χ2n) is 7.68. The maximum atomic E-state index is 14.2. The molecule has 2 aliphatic rings. The third kappa shape index (κ3) is 6.38. The Labute approximate surface area is 177 Å².